The van der Waals surface area contributed by atoms with Gasteiger partial charge in [-0.25, -0.2) is 14.4 Å². The number of nitrogens with one attached hydrogen (secondary N) is 1. The zero-order valence-corrected chi connectivity index (χ0v) is 21.4. The zero-order valence-electron chi connectivity index (χ0n) is 21.4. The van der Waals surface area contributed by atoms with Crippen molar-refractivity contribution in [3.05, 3.63) is 83.3 Å². The number of hydrogen-bond acceptors (Lipinski definition) is 6. The van der Waals surface area contributed by atoms with Gasteiger partial charge in [-0.1, -0.05) is 18.2 Å². The van der Waals surface area contributed by atoms with Crippen LogP contribution in [0, 0.1) is 12.7 Å². The van der Waals surface area contributed by atoms with Crippen LogP contribution in [0.15, 0.2) is 65.7 Å². The van der Waals surface area contributed by atoms with E-state index in [4.69, 9.17) is 14.2 Å². The van der Waals surface area contributed by atoms with Gasteiger partial charge in [-0.15, -0.1) is 0 Å². The highest BCUT2D eigenvalue weighted by Crippen LogP contribution is 2.29. The first kappa shape index (κ1) is 26.1. The summed E-state index contributed by atoms with van der Waals surface area (Å²) in [5.41, 5.74) is 3.58. The van der Waals surface area contributed by atoms with E-state index >= 15 is 0 Å². The Bertz CT molecular complexity index is 1310. The lowest BCUT2D eigenvalue weighted by atomic mass is 10.1. The Kier molecular flexibility index (Phi) is 8.00. The Labute approximate surface area is 215 Å². The van der Waals surface area contributed by atoms with E-state index in [1.807, 2.05) is 42.8 Å². The first-order valence-corrected chi connectivity index (χ1v) is 11.7. The van der Waals surface area contributed by atoms with Crippen molar-refractivity contribution in [3.63, 3.8) is 0 Å². The number of carbonyl (C=O) groups is 1. The molecule has 0 bridgehead atoms. The van der Waals surface area contributed by atoms with Gasteiger partial charge in [0.1, 0.15) is 17.3 Å². The molecular formula is C27H30FN5O4. The van der Waals surface area contributed by atoms with Crippen molar-refractivity contribution >= 4 is 17.9 Å². The Hall–Kier alpha value is -4.02. The van der Waals surface area contributed by atoms with Crippen LogP contribution in [-0.2, 0) is 14.3 Å². The average Bonchev–Trinajstić information content (AvgIpc) is 3.47. The minimum atomic E-state index is -0.566. The van der Waals surface area contributed by atoms with Crippen molar-refractivity contribution in [2.24, 2.45) is 4.99 Å². The van der Waals surface area contributed by atoms with E-state index in [1.54, 1.807) is 36.5 Å². The molecule has 1 N–H and O–H groups in total. The Balaban J connectivity index is 1.68. The van der Waals surface area contributed by atoms with Gasteiger partial charge in [-0.2, -0.15) is 0 Å². The van der Waals surface area contributed by atoms with Crippen molar-refractivity contribution < 1.29 is 23.4 Å². The third-order valence-corrected chi connectivity index (χ3v) is 6.08. The molecule has 2 aromatic carbocycles. The molecule has 9 nitrogen and oxygen atoms in total. The highest BCUT2D eigenvalue weighted by molar-refractivity contribution is 6.15. The summed E-state index contributed by atoms with van der Waals surface area (Å²) in [4.78, 5) is 23.9. The SMILES string of the molecule is COc1cc(/C=C2\N/C(=N\CC(OC)OC)N(C(C)c3ccc(F)cc3)C2=O)ccc1-n1cnc(C)c1. The van der Waals surface area contributed by atoms with E-state index in [2.05, 4.69) is 15.3 Å². The van der Waals surface area contributed by atoms with Gasteiger partial charge in [0, 0.05) is 20.4 Å². The van der Waals surface area contributed by atoms with Crippen LogP contribution in [0.1, 0.15) is 29.8 Å². The van der Waals surface area contributed by atoms with Crippen molar-refractivity contribution in [2.75, 3.05) is 27.9 Å². The number of guanidine groups is 1. The fraction of sp³-hybridized carbons (Fsp3) is 0.296. The molecule has 1 fully saturated rings. The van der Waals surface area contributed by atoms with Gasteiger partial charge in [-0.3, -0.25) is 9.69 Å². The van der Waals surface area contributed by atoms with Crippen LogP contribution < -0.4 is 10.1 Å². The van der Waals surface area contributed by atoms with E-state index in [0.29, 0.717) is 17.4 Å². The second kappa shape index (κ2) is 11.4. The standard InChI is InChI=1S/C27H30FN5O4/c1-17-15-32(16-30-17)23-11-6-19(13-24(23)35-3)12-22-26(34)33(18(2)20-7-9-21(28)10-8-20)27(31-22)29-14-25(36-4)37-5/h6-13,15-16,18,25H,14H2,1-5H3,(H,29,31)/b22-12-. The van der Waals surface area contributed by atoms with Gasteiger partial charge >= 0.3 is 0 Å². The number of aliphatic imine (C=N–C) groups is 1. The highest BCUT2D eigenvalue weighted by atomic mass is 19.1. The summed E-state index contributed by atoms with van der Waals surface area (Å²) in [5, 5.41) is 3.14. The molecule has 0 radical (unpaired) electrons. The van der Waals surface area contributed by atoms with Gasteiger partial charge in [0.15, 0.2) is 6.29 Å². The van der Waals surface area contributed by atoms with Gasteiger partial charge < -0.3 is 24.1 Å². The number of amides is 1. The molecule has 10 heteroatoms. The maximum atomic E-state index is 13.6. The van der Waals surface area contributed by atoms with Crippen LogP contribution in [0.5, 0.6) is 5.75 Å². The van der Waals surface area contributed by atoms with Crippen molar-refractivity contribution in [1.29, 1.82) is 0 Å². The molecule has 1 saturated heterocycles. The van der Waals surface area contributed by atoms with Gasteiger partial charge in [0.05, 0.1) is 37.4 Å². The van der Waals surface area contributed by atoms with Crippen molar-refractivity contribution in [3.8, 4) is 11.4 Å². The van der Waals surface area contributed by atoms with Crippen LogP contribution in [0.4, 0.5) is 4.39 Å². The maximum absolute atomic E-state index is 13.6. The molecule has 2 heterocycles. The van der Waals surface area contributed by atoms with Crippen LogP contribution in [0.25, 0.3) is 11.8 Å². The quantitative estimate of drug-likeness (QED) is 0.350. The minimum Gasteiger partial charge on any atom is -0.495 e. The first-order chi connectivity index (χ1) is 17.8. The lowest BCUT2D eigenvalue weighted by molar-refractivity contribution is -0.123. The van der Waals surface area contributed by atoms with Crippen LogP contribution >= 0.6 is 0 Å². The summed E-state index contributed by atoms with van der Waals surface area (Å²) < 4.78 is 31.5. The van der Waals surface area contributed by atoms with E-state index in [0.717, 1.165) is 22.5 Å². The first-order valence-electron chi connectivity index (χ1n) is 11.7. The molecule has 0 aliphatic carbocycles. The molecular weight excluding hydrogens is 477 g/mol. The summed E-state index contributed by atoms with van der Waals surface area (Å²) >= 11 is 0. The molecule has 37 heavy (non-hydrogen) atoms. The number of hydrogen-bond donors (Lipinski definition) is 1. The van der Waals surface area contributed by atoms with Crippen LogP contribution in [-0.4, -0.2) is 60.5 Å². The number of halogens is 1. The fourth-order valence-corrected chi connectivity index (χ4v) is 4.05. The monoisotopic (exact) mass is 507 g/mol. The molecule has 0 saturated carbocycles. The molecule has 1 amide bonds. The number of imidazole rings is 1. The number of aryl methyl sites for hydroxylation is 1. The number of methoxy groups -OCH3 is 3. The highest BCUT2D eigenvalue weighted by Gasteiger charge is 2.36. The van der Waals surface area contributed by atoms with E-state index in [1.165, 1.54) is 26.4 Å². The minimum absolute atomic E-state index is 0.176. The molecule has 194 valence electrons. The second-order valence-electron chi connectivity index (χ2n) is 8.50. The fourth-order valence-electron chi connectivity index (χ4n) is 4.05. The number of aromatic nitrogens is 2. The summed E-state index contributed by atoms with van der Waals surface area (Å²) in [6.45, 7) is 3.95. The zero-order chi connectivity index (χ0) is 26.5. The molecule has 1 aliphatic heterocycles. The Morgan fingerprint density at radius 3 is 2.49 bits per heavy atom. The Morgan fingerprint density at radius 1 is 1.14 bits per heavy atom. The second-order valence-corrected chi connectivity index (χ2v) is 8.50. The molecule has 0 spiro atoms. The van der Waals surface area contributed by atoms with Gasteiger partial charge in [0.2, 0.25) is 5.96 Å². The number of carbonyl (C=O) groups excluding carboxylic acids is 1. The molecule has 4 rings (SSSR count). The summed E-state index contributed by atoms with van der Waals surface area (Å²) in [6, 6.07) is 11.3. The van der Waals surface area contributed by atoms with Crippen LogP contribution in [0.3, 0.4) is 0 Å². The van der Waals surface area contributed by atoms with E-state index in [-0.39, 0.29) is 18.3 Å². The smallest absolute Gasteiger partial charge is 0.277 e. The Morgan fingerprint density at radius 2 is 1.86 bits per heavy atom. The van der Waals surface area contributed by atoms with E-state index in [9.17, 15) is 9.18 Å². The van der Waals surface area contributed by atoms with Gasteiger partial charge in [-0.05, 0) is 55.3 Å². The molecule has 1 aromatic heterocycles. The number of rotatable bonds is 9. The third-order valence-electron chi connectivity index (χ3n) is 6.08. The molecule has 1 aliphatic rings. The summed E-state index contributed by atoms with van der Waals surface area (Å²) in [7, 11) is 4.64. The average molecular weight is 508 g/mol. The largest absolute Gasteiger partial charge is 0.495 e. The number of nitrogens with zero attached hydrogens (tertiary/aromatic N) is 4. The lowest BCUT2D eigenvalue weighted by Crippen LogP contribution is -2.36. The van der Waals surface area contributed by atoms with E-state index < -0.39 is 12.3 Å². The predicted octanol–water partition coefficient (Wildman–Crippen LogP) is 3.84. The molecule has 1 unspecified atom stereocenters. The molecule has 3 aromatic rings. The normalized spacial score (nSPS) is 16.6. The number of benzene rings is 2. The van der Waals surface area contributed by atoms with Crippen LogP contribution in [0.2, 0.25) is 0 Å². The lowest BCUT2D eigenvalue weighted by Gasteiger charge is -2.24. The predicted molar refractivity (Wildman–Crippen MR) is 138 cm³/mol. The summed E-state index contributed by atoms with van der Waals surface area (Å²) in [6.07, 6.45) is 4.80. The van der Waals surface area contributed by atoms with Crippen molar-refractivity contribution in [1.82, 2.24) is 19.8 Å². The third kappa shape index (κ3) is 5.71. The summed E-state index contributed by atoms with van der Waals surface area (Å²) in [5.74, 6) is 0.369. The topological polar surface area (TPSA) is 90.2 Å². The van der Waals surface area contributed by atoms with Gasteiger partial charge in [0.25, 0.3) is 5.91 Å². The number of ether oxygens (including phenoxy) is 3. The maximum Gasteiger partial charge on any atom is 0.277 e. The molecule has 1 atom stereocenters. The van der Waals surface area contributed by atoms with Crippen molar-refractivity contribution in [2.45, 2.75) is 26.2 Å².